The van der Waals surface area contributed by atoms with Crippen molar-refractivity contribution in [3.05, 3.63) is 28.8 Å². The highest BCUT2D eigenvalue weighted by molar-refractivity contribution is 5.69. The van der Waals surface area contributed by atoms with Gasteiger partial charge in [-0.25, -0.2) is 0 Å². The lowest BCUT2D eigenvalue weighted by Crippen LogP contribution is -2.23. The molecule has 4 nitrogen and oxygen atoms in total. The zero-order chi connectivity index (χ0) is 14.0. The van der Waals surface area contributed by atoms with Crippen LogP contribution in [0.25, 0.3) is 0 Å². The van der Waals surface area contributed by atoms with E-state index in [4.69, 9.17) is 0 Å². The highest BCUT2D eigenvalue weighted by Crippen LogP contribution is 2.45. The summed E-state index contributed by atoms with van der Waals surface area (Å²) in [6.45, 7) is 4.82. The number of carbonyl (C=O) groups excluding carboxylic acids is 1. The quantitative estimate of drug-likeness (QED) is 0.819. The molecule has 0 spiro atoms. The highest BCUT2D eigenvalue weighted by atomic mass is 16.5. The van der Waals surface area contributed by atoms with E-state index < -0.39 is 0 Å². The Bertz CT molecular complexity index is 485. The first-order valence-corrected chi connectivity index (χ1v) is 6.67. The van der Waals surface area contributed by atoms with Crippen molar-refractivity contribution in [1.29, 1.82) is 0 Å². The lowest BCUT2D eigenvalue weighted by Gasteiger charge is -2.15. The molecule has 1 aliphatic carbocycles. The molecule has 0 saturated carbocycles. The summed E-state index contributed by atoms with van der Waals surface area (Å²) >= 11 is 0. The Hall–Kier alpha value is -1.55. The van der Waals surface area contributed by atoms with Crippen molar-refractivity contribution < 1.29 is 14.6 Å². The monoisotopic (exact) mass is 263 g/mol. The van der Waals surface area contributed by atoms with Gasteiger partial charge in [-0.1, -0.05) is 13.0 Å². The van der Waals surface area contributed by atoms with E-state index >= 15 is 0 Å². The van der Waals surface area contributed by atoms with Crippen LogP contribution in [-0.2, 0) is 9.53 Å². The highest BCUT2D eigenvalue weighted by Gasteiger charge is 2.31. The summed E-state index contributed by atoms with van der Waals surface area (Å²) in [4.78, 5) is 11.1. The number of aromatic hydroxyl groups is 1. The van der Waals surface area contributed by atoms with Gasteiger partial charge in [0.2, 0.25) is 0 Å². The molecule has 2 N–H and O–H groups in total. The third-order valence-corrected chi connectivity index (χ3v) is 3.86. The summed E-state index contributed by atoms with van der Waals surface area (Å²) in [5.41, 5.74) is 3.46. The molecule has 0 saturated heterocycles. The predicted molar refractivity (Wildman–Crippen MR) is 73.3 cm³/mol. The fraction of sp³-hybridized carbons (Fsp3) is 0.533. The van der Waals surface area contributed by atoms with Crippen LogP contribution in [0.4, 0.5) is 0 Å². The number of nitrogens with one attached hydrogen (secondary N) is 1. The predicted octanol–water partition coefficient (Wildman–Crippen LogP) is 2.40. The molecular formula is C15H21NO3. The number of aryl methyl sites for hydroxylation is 1. The molecule has 0 aliphatic heterocycles. The Balaban J connectivity index is 2.11. The molecule has 2 rings (SSSR count). The van der Waals surface area contributed by atoms with Gasteiger partial charge < -0.3 is 15.2 Å². The number of benzene rings is 1. The zero-order valence-electron chi connectivity index (χ0n) is 11.7. The van der Waals surface area contributed by atoms with Crippen molar-refractivity contribution in [2.45, 2.75) is 38.6 Å². The van der Waals surface area contributed by atoms with Crippen molar-refractivity contribution >= 4 is 5.97 Å². The molecular weight excluding hydrogens is 242 g/mol. The molecule has 4 heteroatoms. The fourth-order valence-electron chi connectivity index (χ4n) is 2.98. The number of rotatable bonds is 4. The number of phenols is 1. The van der Waals surface area contributed by atoms with Crippen molar-refractivity contribution in [3.8, 4) is 5.75 Å². The van der Waals surface area contributed by atoms with Gasteiger partial charge in [-0.2, -0.15) is 0 Å². The van der Waals surface area contributed by atoms with Crippen LogP contribution in [0.15, 0.2) is 12.1 Å². The van der Waals surface area contributed by atoms with E-state index in [0.29, 0.717) is 24.6 Å². The maximum absolute atomic E-state index is 11.1. The van der Waals surface area contributed by atoms with Gasteiger partial charge in [0.15, 0.2) is 0 Å². The van der Waals surface area contributed by atoms with E-state index in [2.05, 4.69) is 23.9 Å². The Morgan fingerprint density at radius 2 is 2.21 bits per heavy atom. The van der Waals surface area contributed by atoms with E-state index in [1.54, 1.807) is 6.07 Å². The van der Waals surface area contributed by atoms with Crippen LogP contribution in [0.3, 0.4) is 0 Å². The van der Waals surface area contributed by atoms with Gasteiger partial charge in [0.25, 0.3) is 0 Å². The molecule has 0 amide bonds. The Morgan fingerprint density at radius 1 is 1.47 bits per heavy atom. The first kappa shape index (κ1) is 13.9. The van der Waals surface area contributed by atoms with E-state index in [9.17, 15) is 9.90 Å². The summed E-state index contributed by atoms with van der Waals surface area (Å²) in [6, 6.07) is 3.83. The van der Waals surface area contributed by atoms with E-state index in [1.165, 1.54) is 18.2 Å². The molecule has 0 heterocycles. The maximum atomic E-state index is 11.1. The van der Waals surface area contributed by atoms with Gasteiger partial charge in [0, 0.05) is 18.2 Å². The minimum Gasteiger partial charge on any atom is -0.508 e. The molecule has 1 aromatic carbocycles. The minimum atomic E-state index is -0.216. The van der Waals surface area contributed by atoms with Gasteiger partial charge in [0.05, 0.1) is 13.5 Å². The van der Waals surface area contributed by atoms with Crippen LogP contribution in [0.1, 0.15) is 48.4 Å². The average molecular weight is 263 g/mol. The summed E-state index contributed by atoms with van der Waals surface area (Å²) in [6.07, 6.45) is 1.30. The lowest BCUT2D eigenvalue weighted by molar-refractivity contribution is -0.140. The number of fused-ring (bicyclic) bond motifs is 1. The van der Waals surface area contributed by atoms with Crippen LogP contribution < -0.4 is 5.32 Å². The molecule has 0 bridgehead atoms. The van der Waals surface area contributed by atoms with Crippen LogP contribution >= 0.6 is 0 Å². The van der Waals surface area contributed by atoms with Crippen molar-refractivity contribution in [1.82, 2.24) is 5.32 Å². The van der Waals surface area contributed by atoms with E-state index in [0.717, 1.165) is 12.0 Å². The zero-order valence-corrected chi connectivity index (χ0v) is 11.7. The first-order chi connectivity index (χ1) is 9.04. The van der Waals surface area contributed by atoms with Crippen molar-refractivity contribution in [2.75, 3.05) is 13.7 Å². The van der Waals surface area contributed by atoms with Gasteiger partial charge >= 0.3 is 5.97 Å². The van der Waals surface area contributed by atoms with Gasteiger partial charge in [-0.15, -0.1) is 0 Å². The molecule has 104 valence electrons. The molecule has 0 fully saturated rings. The van der Waals surface area contributed by atoms with Crippen LogP contribution in [0.5, 0.6) is 5.75 Å². The molecule has 1 aromatic rings. The average Bonchev–Trinajstić information content (AvgIpc) is 2.72. The Kier molecular flexibility index (Phi) is 4.10. The number of ether oxygens (including phenoxy) is 1. The molecule has 0 radical (unpaired) electrons. The van der Waals surface area contributed by atoms with Crippen LogP contribution in [-0.4, -0.2) is 24.7 Å². The third kappa shape index (κ3) is 2.73. The SMILES string of the molecule is COC(=O)CCNC1CC(C)c2c(C)ccc(O)c21. The Labute approximate surface area is 113 Å². The number of hydrogen-bond acceptors (Lipinski definition) is 4. The summed E-state index contributed by atoms with van der Waals surface area (Å²) < 4.78 is 4.62. The van der Waals surface area contributed by atoms with Crippen molar-refractivity contribution in [2.24, 2.45) is 0 Å². The number of methoxy groups -OCH3 is 1. The molecule has 1 aliphatic rings. The molecule has 2 atom stereocenters. The van der Waals surface area contributed by atoms with Gasteiger partial charge in [0.1, 0.15) is 5.75 Å². The smallest absolute Gasteiger partial charge is 0.306 e. The van der Waals surface area contributed by atoms with E-state index in [-0.39, 0.29) is 12.0 Å². The molecule has 0 aromatic heterocycles. The Morgan fingerprint density at radius 3 is 2.89 bits per heavy atom. The first-order valence-electron chi connectivity index (χ1n) is 6.67. The number of esters is 1. The topological polar surface area (TPSA) is 58.6 Å². The lowest BCUT2D eigenvalue weighted by atomic mass is 9.97. The maximum Gasteiger partial charge on any atom is 0.306 e. The van der Waals surface area contributed by atoms with Crippen LogP contribution in [0, 0.1) is 6.92 Å². The second kappa shape index (κ2) is 5.61. The number of hydrogen-bond donors (Lipinski definition) is 2. The summed E-state index contributed by atoms with van der Waals surface area (Å²) in [5.74, 6) is 0.561. The minimum absolute atomic E-state index is 0.120. The second-order valence-corrected chi connectivity index (χ2v) is 5.20. The van der Waals surface area contributed by atoms with Gasteiger partial charge in [-0.05, 0) is 36.5 Å². The van der Waals surface area contributed by atoms with E-state index in [1.807, 2.05) is 6.07 Å². The fourth-order valence-corrected chi connectivity index (χ4v) is 2.98. The van der Waals surface area contributed by atoms with Gasteiger partial charge in [-0.3, -0.25) is 4.79 Å². The largest absolute Gasteiger partial charge is 0.508 e. The second-order valence-electron chi connectivity index (χ2n) is 5.20. The van der Waals surface area contributed by atoms with Crippen LogP contribution in [0.2, 0.25) is 0 Å². The number of phenolic OH excluding ortho intramolecular Hbond substituents is 1. The molecule has 19 heavy (non-hydrogen) atoms. The normalized spacial score (nSPS) is 21.2. The number of carbonyl (C=O) groups is 1. The summed E-state index contributed by atoms with van der Waals surface area (Å²) in [7, 11) is 1.39. The standard InChI is InChI=1S/C15H21NO3/c1-9-4-5-12(17)15-11(8-10(2)14(9)15)16-7-6-13(18)19-3/h4-5,10-11,16-17H,6-8H2,1-3H3. The third-order valence-electron chi connectivity index (χ3n) is 3.86. The molecule has 2 unspecified atom stereocenters. The van der Waals surface area contributed by atoms with Crippen molar-refractivity contribution in [3.63, 3.8) is 0 Å². The summed E-state index contributed by atoms with van der Waals surface area (Å²) in [5, 5.41) is 13.4.